The van der Waals surface area contributed by atoms with E-state index >= 15 is 0 Å². The molecule has 3 nitrogen and oxygen atoms in total. The summed E-state index contributed by atoms with van der Waals surface area (Å²) >= 11 is 12.4. The quantitative estimate of drug-likeness (QED) is 0.459. The average molecular weight is 416 g/mol. The predicted octanol–water partition coefficient (Wildman–Crippen LogP) is 6.43. The highest BCUT2D eigenvalue weighted by atomic mass is 35.5. The number of hydrogen-bond acceptors (Lipinski definition) is 3. The molecule has 0 fully saturated rings. The summed E-state index contributed by atoms with van der Waals surface area (Å²) in [5.74, 6) is 1.33. The molecule has 28 heavy (non-hydrogen) atoms. The molecular formula is C23H23Cl2NO2. The van der Waals surface area contributed by atoms with Gasteiger partial charge in [-0.3, -0.25) is 0 Å². The molecular weight excluding hydrogens is 393 g/mol. The van der Waals surface area contributed by atoms with Gasteiger partial charge in [-0.15, -0.1) is 0 Å². The van der Waals surface area contributed by atoms with Crippen LogP contribution >= 0.6 is 23.2 Å². The molecule has 0 aliphatic rings. The monoisotopic (exact) mass is 415 g/mol. The van der Waals surface area contributed by atoms with Gasteiger partial charge in [-0.1, -0.05) is 65.7 Å². The van der Waals surface area contributed by atoms with Crippen molar-refractivity contribution in [2.75, 3.05) is 7.11 Å². The van der Waals surface area contributed by atoms with Crippen molar-refractivity contribution in [1.29, 1.82) is 0 Å². The molecule has 0 aliphatic heterocycles. The summed E-state index contributed by atoms with van der Waals surface area (Å²) in [7, 11) is 1.63. The average Bonchev–Trinajstić information content (AvgIpc) is 2.72. The Kier molecular flexibility index (Phi) is 7.21. The van der Waals surface area contributed by atoms with Crippen molar-refractivity contribution >= 4 is 23.2 Å². The van der Waals surface area contributed by atoms with Gasteiger partial charge >= 0.3 is 0 Å². The topological polar surface area (TPSA) is 30.5 Å². The van der Waals surface area contributed by atoms with Gasteiger partial charge < -0.3 is 14.8 Å². The molecule has 1 atom stereocenters. The Bertz CT molecular complexity index is 895. The highest BCUT2D eigenvalue weighted by Crippen LogP contribution is 2.31. The van der Waals surface area contributed by atoms with Crippen LogP contribution in [0.4, 0.5) is 0 Å². The summed E-state index contributed by atoms with van der Waals surface area (Å²) in [6.45, 7) is 3.15. The zero-order valence-electron chi connectivity index (χ0n) is 15.9. The standard InChI is InChI=1S/C23H23Cl2NO2/c1-16(18-7-4-3-5-8-18)26-14-17-11-12-22(23(13-17)27-2)28-15-19-20(24)9-6-10-21(19)25/h3-13,16,26H,14-15H2,1-2H3/t16-/m0/s1. The summed E-state index contributed by atoms with van der Waals surface area (Å²) in [5, 5.41) is 4.70. The van der Waals surface area contributed by atoms with Crippen LogP contribution in [0.15, 0.2) is 66.7 Å². The van der Waals surface area contributed by atoms with E-state index < -0.39 is 0 Å². The Hall–Kier alpha value is -2.20. The molecule has 0 aromatic heterocycles. The lowest BCUT2D eigenvalue weighted by Gasteiger charge is -2.16. The molecule has 3 aromatic rings. The zero-order valence-corrected chi connectivity index (χ0v) is 17.4. The molecule has 3 aromatic carbocycles. The fourth-order valence-corrected chi connectivity index (χ4v) is 3.40. The van der Waals surface area contributed by atoms with E-state index in [1.54, 1.807) is 19.2 Å². The van der Waals surface area contributed by atoms with E-state index in [1.807, 2.05) is 42.5 Å². The Labute approximate surface area is 176 Å². The molecule has 0 heterocycles. The molecule has 0 saturated carbocycles. The van der Waals surface area contributed by atoms with Crippen LogP contribution in [0.5, 0.6) is 11.5 Å². The predicted molar refractivity (Wildman–Crippen MR) is 115 cm³/mol. The highest BCUT2D eigenvalue weighted by molar-refractivity contribution is 6.35. The number of hydrogen-bond donors (Lipinski definition) is 1. The molecule has 0 unspecified atom stereocenters. The summed E-state index contributed by atoms with van der Waals surface area (Å²) < 4.78 is 11.4. The third-order valence-electron chi connectivity index (χ3n) is 4.57. The Morgan fingerprint density at radius 2 is 1.61 bits per heavy atom. The smallest absolute Gasteiger partial charge is 0.161 e. The number of nitrogens with one attached hydrogen (secondary N) is 1. The second-order valence-electron chi connectivity index (χ2n) is 6.49. The normalized spacial score (nSPS) is 11.9. The lowest BCUT2D eigenvalue weighted by atomic mass is 10.1. The van der Waals surface area contributed by atoms with Crippen molar-refractivity contribution in [2.45, 2.75) is 26.1 Å². The first kappa shape index (κ1) is 20.5. The van der Waals surface area contributed by atoms with E-state index in [4.69, 9.17) is 32.7 Å². The third kappa shape index (κ3) is 5.20. The van der Waals surface area contributed by atoms with Gasteiger partial charge in [0.1, 0.15) is 6.61 Å². The summed E-state index contributed by atoms with van der Waals surface area (Å²) in [6.07, 6.45) is 0. The van der Waals surface area contributed by atoms with E-state index in [9.17, 15) is 0 Å². The number of methoxy groups -OCH3 is 1. The molecule has 0 aliphatic carbocycles. The van der Waals surface area contributed by atoms with Crippen LogP contribution in [-0.4, -0.2) is 7.11 Å². The second kappa shape index (κ2) is 9.83. The molecule has 0 saturated heterocycles. The number of halogens is 2. The molecule has 5 heteroatoms. The molecule has 1 N–H and O–H groups in total. The molecule has 0 radical (unpaired) electrons. The van der Waals surface area contributed by atoms with Gasteiger partial charge in [0.15, 0.2) is 11.5 Å². The van der Waals surface area contributed by atoms with Crippen LogP contribution in [0, 0.1) is 0 Å². The van der Waals surface area contributed by atoms with Crippen LogP contribution in [0.2, 0.25) is 10.0 Å². The Morgan fingerprint density at radius 3 is 2.29 bits per heavy atom. The largest absolute Gasteiger partial charge is 0.493 e. The minimum absolute atomic E-state index is 0.255. The van der Waals surface area contributed by atoms with E-state index in [-0.39, 0.29) is 12.6 Å². The van der Waals surface area contributed by atoms with Crippen LogP contribution in [-0.2, 0) is 13.2 Å². The van der Waals surface area contributed by atoms with Crippen LogP contribution in [0.25, 0.3) is 0 Å². The second-order valence-corrected chi connectivity index (χ2v) is 7.30. The summed E-state index contributed by atoms with van der Waals surface area (Å²) in [4.78, 5) is 0. The van der Waals surface area contributed by atoms with Crippen LogP contribution in [0.1, 0.15) is 29.7 Å². The maximum atomic E-state index is 6.21. The first-order valence-electron chi connectivity index (χ1n) is 9.09. The fraction of sp³-hybridized carbons (Fsp3) is 0.217. The Morgan fingerprint density at radius 1 is 0.893 bits per heavy atom. The maximum absolute atomic E-state index is 6.21. The van der Waals surface area contributed by atoms with Gasteiger partial charge in [-0.2, -0.15) is 0 Å². The SMILES string of the molecule is COc1cc(CN[C@@H](C)c2ccccc2)ccc1OCc1c(Cl)cccc1Cl. The fourth-order valence-electron chi connectivity index (χ4n) is 2.89. The molecule has 0 spiro atoms. The minimum atomic E-state index is 0.255. The maximum Gasteiger partial charge on any atom is 0.161 e. The van der Waals surface area contributed by atoms with Crippen molar-refractivity contribution in [3.63, 3.8) is 0 Å². The minimum Gasteiger partial charge on any atom is -0.493 e. The van der Waals surface area contributed by atoms with Crippen molar-refractivity contribution < 1.29 is 9.47 Å². The molecule has 3 rings (SSSR count). The number of ether oxygens (including phenoxy) is 2. The molecule has 0 amide bonds. The number of rotatable bonds is 8. The van der Waals surface area contributed by atoms with Gasteiger partial charge in [0.2, 0.25) is 0 Å². The Balaban J connectivity index is 1.65. The first-order chi connectivity index (χ1) is 13.6. The molecule has 0 bridgehead atoms. The summed E-state index contributed by atoms with van der Waals surface area (Å²) in [5.41, 5.74) is 3.13. The van der Waals surface area contributed by atoms with E-state index in [0.717, 1.165) is 17.7 Å². The van der Waals surface area contributed by atoms with Crippen molar-refractivity contribution in [3.05, 3.63) is 93.5 Å². The van der Waals surface area contributed by atoms with E-state index in [2.05, 4.69) is 24.4 Å². The summed E-state index contributed by atoms with van der Waals surface area (Å²) in [6, 6.07) is 21.9. The lowest BCUT2D eigenvalue weighted by Crippen LogP contribution is -2.18. The zero-order chi connectivity index (χ0) is 19.9. The lowest BCUT2D eigenvalue weighted by molar-refractivity contribution is 0.284. The first-order valence-corrected chi connectivity index (χ1v) is 9.85. The van der Waals surface area contributed by atoms with E-state index in [0.29, 0.717) is 21.5 Å². The van der Waals surface area contributed by atoms with Crippen molar-refractivity contribution in [1.82, 2.24) is 5.32 Å². The highest BCUT2D eigenvalue weighted by Gasteiger charge is 2.11. The van der Waals surface area contributed by atoms with Crippen molar-refractivity contribution in [2.24, 2.45) is 0 Å². The van der Waals surface area contributed by atoms with Crippen LogP contribution in [0.3, 0.4) is 0 Å². The molecule has 146 valence electrons. The third-order valence-corrected chi connectivity index (χ3v) is 5.28. The van der Waals surface area contributed by atoms with Gasteiger partial charge in [0.25, 0.3) is 0 Å². The van der Waals surface area contributed by atoms with Gasteiger partial charge in [-0.25, -0.2) is 0 Å². The van der Waals surface area contributed by atoms with Gasteiger partial charge in [0, 0.05) is 28.2 Å². The van der Waals surface area contributed by atoms with Crippen LogP contribution < -0.4 is 14.8 Å². The number of benzene rings is 3. The van der Waals surface area contributed by atoms with Gasteiger partial charge in [-0.05, 0) is 42.3 Å². The van der Waals surface area contributed by atoms with Gasteiger partial charge in [0.05, 0.1) is 7.11 Å². The van der Waals surface area contributed by atoms with E-state index in [1.165, 1.54) is 5.56 Å². The van der Waals surface area contributed by atoms with Crippen molar-refractivity contribution in [3.8, 4) is 11.5 Å².